The van der Waals surface area contributed by atoms with Crippen molar-refractivity contribution in [3.8, 4) is 0 Å². The summed E-state index contributed by atoms with van der Waals surface area (Å²) in [7, 11) is 0. The number of hydrogen-bond donors (Lipinski definition) is 2. The van der Waals surface area contributed by atoms with Gasteiger partial charge in [-0.3, -0.25) is 4.98 Å². The lowest BCUT2D eigenvalue weighted by atomic mass is 10.2. The zero-order chi connectivity index (χ0) is 14.4. The molecule has 2 rings (SSSR count). The van der Waals surface area contributed by atoms with Crippen molar-refractivity contribution in [1.29, 1.82) is 0 Å². The van der Waals surface area contributed by atoms with Gasteiger partial charge in [0.05, 0.1) is 30.3 Å². The number of benzene rings is 1. The molecule has 4 nitrogen and oxygen atoms in total. The molecule has 0 radical (unpaired) electrons. The van der Waals surface area contributed by atoms with Gasteiger partial charge in [-0.1, -0.05) is 30.3 Å². The van der Waals surface area contributed by atoms with Crippen LogP contribution in [0.25, 0.3) is 0 Å². The molecule has 1 unspecified atom stereocenters. The van der Waals surface area contributed by atoms with E-state index in [0.717, 1.165) is 12.2 Å². The number of aliphatic hydroxyl groups is 2. The maximum Gasteiger partial charge on any atom is 0.0931 e. The van der Waals surface area contributed by atoms with Crippen molar-refractivity contribution in [1.82, 2.24) is 4.98 Å². The minimum Gasteiger partial charge on any atom is -0.395 e. The van der Waals surface area contributed by atoms with E-state index < -0.39 is 6.10 Å². The Kier molecular flexibility index (Phi) is 5.09. The summed E-state index contributed by atoms with van der Waals surface area (Å²) in [5.74, 6) is 0. The smallest absolute Gasteiger partial charge is 0.0931 e. The monoisotopic (exact) mass is 272 g/mol. The van der Waals surface area contributed by atoms with E-state index in [0.29, 0.717) is 12.2 Å². The van der Waals surface area contributed by atoms with E-state index in [1.165, 1.54) is 5.56 Å². The van der Waals surface area contributed by atoms with Crippen molar-refractivity contribution in [2.45, 2.75) is 19.6 Å². The summed E-state index contributed by atoms with van der Waals surface area (Å²) in [4.78, 5) is 6.31. The third-order valence-electron chi connectivity index (χ3n) is 3.15. The van der Waals surface area contributed by atoms with Gasteiger partial charge in [-0.05, 0) is 24.6 Å². The van der Waals surface area contributed by atoms with E-state index in [-0.39, 0.29) is 6.61 Å². The van der Waals surface area contributed by atoms with Crippen LogP contribution in [0.15, 0.2) is 48.7 Å². The molecule has 4 heteroatoms. The number of aliphatic hydroxyl groups excluding tert-OH is 2. The van der Waals surface area contributed by atoms with Crippen LogP contribution >= 0.6 is 0 Å². The topological polar surface area (TPSA) is 56.6 Å². The molecular formula is C16H20N2O2. The van der Waals surface area contributed by atoms with Crippen molar-refractivity contribution in [2.24, 2.45) is 0 Å². The fourth-order valence-corrected chi connectivity index (χ4v) is 2.06. The second-order valence-corrected chi connectivity index (χ2v) is 4.75. The number of rotatable bonds is 6. The Morgan fingerprint density at radius 2 is 1.90 bits per heavy atom. The fraction of sp³-hybridized carbons (Fsp3) is 0.312. The maximum absolute atomic E-state index is 9.48. The van der Waals surface area contributed by atoms with Gasteiger partial charge in [0, 0.05) is 13.1 Å². The van der Waals surface area contributed by atoms with Crippen molar-refractivity contribution < 1.29 is 10.2 Å². The number of nitrogens with zero attached hydrogens (tertiary/aromatic N) is 2. The van der Waals surface area contributed by atoms with E-state index >= 15 is 0 Å². The molecule has 2 aromatic rings. The van der Waals surface area contributed by atoms with Crippen LogP contribution in [0.3, 0.4) is 0 Å². The number of aromatic nitrogens is 1. The van der Waals surface area contributed by atoms with Gasteiger partial charge in [0.1, 0.15) is 0 Å². The second kappa shape index (κ2) is 7.03. The highest BCUT2D eigenvalue weighted by atomic mass is 16.3. The van der Waals surface area contributed by atoms with Crippen LogP contribution in [-0.4, -0.2) is 28.3 Å². The molecule has 0 fully saturated rings. The SMILES string of the molecule is CC(O)c1ccc(N(CCO)Cc2ccccc2)cn1. The molecule has 1 atom stereocenters. The molecule has 0 bridgehead atoms. The summed E-state index contributed by atoms with van der Waals surface area (Å²) in [6.45, 7) is 3.05. The summed E-state index contributed by atoms with van der Waals surface area (Å²) in [5, 5.41) is 18.7. The molecule has 1 aromatic carbocycles. The van der Waals surface area contributed by atoms with Crippen LogP contribution in [0.4, 0.5) is 5.69 Å². The number of anilines is 1. The van der Waals surface area contributed by atoms with E-state index in [1.807, 2.05) is 30.3 Å². The van der Waals surface area contributed by atoms with Crippen LogP contribution in [0.1, 0.15) is 24.3 Å². The number of pyridine rings is 1. The van der Waals surface area contributed by atoms with Gasteiger partial charge in [-0.25, -0.2) is 0 Å². The van der Waals surface area contributed by atoms with Gasteiger partial charge in [0.2, 0.25) is 0 Å². The molecule has 0 spiro atoms. The Morgan fingerprint density at radius 3 is 2.45 bits per heavy atom. The Morgan fingerprint density at radius 1 is 1.15 bits per heavy atom. The lowest BCUT2D eigenvalue weighted by molar-refractivity contribution is 0.194. The van der Waals surface area contributed by atoms with Gasteiger partial charge in [-0.2, -0.15) is 0 Å². The summed E-state index contributed by atoms with van der Waals surface area (Å²) in [6.07, 6.45) is 1.17. The zero-order valence-corrected chi connectivity index (χ0v) is 11.6. The molecule has 1 heterocycles. The largest absolute Gasteiger partial charge is 0.395 e. The van der Waals surface area contributed by atoms with Gasteiger partial charge < -0.3 is 15.1 Å². The van der Waals surface area contributed by atoms with Crippen molar-refractivity contribution in [3.05, 3.63) is 59.9 Å². The lowest BCUT2D eigenvalue weighted by Crippen LogP contribution is -2.26. The first-order valence-electron chi connectivity index (χ1n) is 6.74. The second-order valence-electron chi connectivity index (χ2n) is 4.75. The first kappa shape index (κ1) is 14.5. The van der Waals surface area contributed by atoms with Crippen LogP contribution in [0, 0.1) is 0 Å². The molecule has 0 aliphatic rings. The third-order valence-corrected chi connectivity index (χ3v) is 3.15. The highest BCUT2D eigenvalue weighted by Crippen LogP contribution is 2.18. The molecular weight excluding hydrogens is 252 g/mol. The summed E-state index contributed by atoms with van der Waals surface area (Å²) in [5.41, 5.74) is 2.77. The molecule has 0 aliphatic heterocycles. The fourth-order valence-electron chi connectivity index (χ4n) is 2.06. The van der Waals surface area contributed by atoms with Gasteiger partial charge >= 0.3 is 0 Å². The van der Waals surface area contributed by atoms with Crippen molar-refractivity contribution >= 4 is 5.69 Å². The molecule has 20 heavy (non-hydrogen) atoms. The maximum atomic E-state index is 9.48. The first-order chi connectivity index (χ1) is 9.70. The van der Waals surface area contributed by atoms with Crippen LogP contribution < -0.4 is 4.90 Å². The quantitative estimate of drug-likeness (QED) is 0.846. The molecule has 1 aromatic heterocycles. The summed E-state index contributed by atoms with van der Waals surface area (Å²) in [6, 6.07) is 13.8. The highest BCUT2D eigenvalue weighted by Gasteiger charge is 2.09. The Hall–Kier alpha value is -1.91. The van der Waals surface area contributed by atoms with Gasteiger partial charge in [0.25, 0.3) is 0 Å². The Balaban J connectivity index is 2.15. The minimum atomic E-state index is -0.565. The van der Waals surface area contributed by atoms with Crippen molar-refractivity contribution in [3.63, 3.8) is 0 Å². The predicted molar refractivity (Wildman–Crippen MR) is 79.4 cm³/mol. The predicted octanol–water partition coefficient (Wildman–Crippen LogP) is 2.13. The van der Waals surface area contributed by atoms with Crippen molar-refractivity contribution in [2.75, 3.05) is 18.1 Å². The third kappa shape index (κ3) is 3.79. The van der Waals surface area contributed by atoms with Gasteiger partial charge in [0.15, 0.2) is 0 Å². The molecule has 0 saturated heterocycles. The van der Waals surface area contributed by atoms with E-state index in [4.69, 9.17) is 0 Å². The average molecular weight is 272 g/mol. The first-order valence-corrected chi connectivity index (χ1v) is 6.74. The minimum absolute atomic E-state index is 0.0883. The lowest BCUT2D eigenvalue weighted by Gasteiger charge is -2.24. The zero-order valence-electron chi connectivity index (χ0n) is 11.6. The van der Waals surface area contributed by atoms with E-state index in [1.54, 1.807) is 13.1 Å². The van der Waals surface area contributed by atoms with Crippen LogP contribution in [0.5, 0.6) is 0 Å². The van der Waals surface area contributed by atoms with E-state index in [9.17, 15) is 10.2 Å². The van der Waals surface area contributed by atoms with Crippen LogP contribution in [-0.2, 0) is 6.54 Å². The molecule has 2 N–H and O–H groups in total. The highest BCUT2D eigenvalue weighted by molar-refractivity contribution is 5.45. The number of hydrogen-bond acceptors (Lipinski definition) is 4. The molecule has 0 amide bonds. The summed E-state index contributed by atoms with van der Waals surface area (Å²) >= 11 is 0. The standard InChI is InChI=1S/C16H20N2O2/c1-13(20)16-8-7-15(11-17-16)18(9-10-19)12-14-5-3-2-4-6-14/h2-8,11,13,19-20H,9-10,12H2,1H3. The average Bonchev–Trinajstić information content (AvgIpc) is 2.48. The normalized spacial score (nSPS) is 12.2. The Labute approximate surface area is 119 Å². The summed E-state index contributed by atoms with van der Waals surface area (Å²) < 4.78 is 0. The van der Waals surface area contributed by atoms with E-state index in [2.05, 4.69) is 22.0 Å². The molecule has 106 valence electrons. The van der Waals surface area contributed by atoms with Gasteiger partial charge in [-0.15, -0.1) is 0 Å². The molecule has 0 aliphatic carbocycles. The Bertz CT molecular complexity index is 512. The molecule has 0 saturated carbocycles. The van der Waals surface area contributed by atoms with Crippen LogP contribution in [0.2, 0.25) is 0 Å².